The van der Waals surface area contributed by atoms with Crippen LogP contribution in [0.5, 0.6) is 0 Å². The van der Waals surface area contributed by atoms with E-state index < -0.39 is 16.1 Å². The van der Waals surface area contributed by atoms with Gasteiger partial charge >= 0.3 is 0 Å². The zero-order valence-corrected chi connectivity index (χ0v) is 10.1. The molecule has 16 heavy (non-hydrogen) atoms. The van der Waals surface area contributed by atoms with Crippen molar-refractivity contribution in [1.82, 2.24) is 4.31 Å². The predicted octanol–water partition coefficient (Wildman–Crippen LogP) is 1.10. The number of nitrogens with zero attached hydrogens (tertiary/aromatic N) is 1. The van der Waals surface area contributed by atoms with Gasteiger partial charge in [0.15, 0.2) is 0 Å². The number of aliphatic hydroxyl groups excluding tert-OH is 1. The zero-order valence-electron chi connectivity index (χ0n) is 8.51. The molecule has 1 heterocycles. The van der Waals surface area contributed by atoms with Gasteiger partial charge in [-0.25, -0.2) is 8.42 Å². The van der Waals surface area contributed by atoms with E-state index in [4.69, 9.17) is 11.6 Å². The van der Waals surface area contributed by atoms with Crippen molar-refractivity contribution in [2.45, 2.75) is 17.4 Å². The Morgan fingerprint density at radius 3 is 2.75 bits per heavy atom. The van der Waals surface area contributed by atoms with Gasteiger partial charge in [0.25, 0.3) is 0 Å². The summed E-state index contributed by atoms with van der Waals surface area (Å²) in [6.45, 7) is 0.519. The van der Waals surface area contributed by atoms with Crippen LogP contribution in [0.25, 0.3) is 0 Å². The van der Waals surface area contributed by atoms with Crippen molar-refractivity contribution in [3.8, 4) is 0 Å². The summed E-state index contributed by atoms with van der Waals surface area (Å²) in [4.78, 5) is 0.175. The minimum absolute atomic E-state index is 0.162. The van der Waals surface area contributed by atoms with Crippen LogP contribution in [-0.2, 0) is 10.0 Å². The number of hydrogen-bond donors (Lipinski definition) is 1. The molecule has 1 fully saturated rings. The molecule has 1 aromatic carbocycles. The summed E-state index contributed by atoms with van der Waals surface area (Å²) >= 11 is 5.75. The van der Waals surface area contributed by atoms with Gasteiger partial charge in [-0.15, -0.1) is 0 Å². The molecule has 1 aliphatic rings. The molecule has 0 spiro atoms. The fourth-order valence-corrected chi connectivity index (χ4v) is 3.50. The molecule has 88 valence electrons. The quantitative estimate of drug-likeness (QED) is 0.867. The van der Waals surface area contributed by atoms with Crippen molar-refractivity contribution in [3.63, 3.8) is 0 Å². The van der Waals surface area contributed by atoms with Crippen molar-refractivity contribution in [2.75, 3.05) is 13.1 Å². The van der Waals surface area contributed by atoms with E-state index in [-0.39, 0.29) is 11.4 Å². The summed E-state index contributed by atoms with van der Waals surface area (Å²) in [7, 11) is -3.51. The Labute approximate surface area is 99.5 Å². The summed E-state index contributed by atoms with van der Waals surface area (Å²) in [5.74, 6) is 0. The van der Waals surface area contributed by atoms with Gasteiger partial charge in [0.1, 0.15) is 0 Å². The monoisotopic (exact) mass is 261 g/mol. The summed E-state index contributed by atoms with van der Waals surface area (Å²) in [6, 6.07) is 6.15. The van der Waals surface area contributed by atoms with Gasteiger partial charge in [0.2, 0.25) is 10.0 Å². The maximum absolute atomic E-state index is 12.1. The second kappa shape index (κ2) is 4.33. The molecule has 0 bridgehead atoms. The van der Waals surface area contributed by atoms with Crippen LogP contribution in [0, 0.1) is 0 Å². The lowest BCUT2D eigenvalue weighted by molar-refractivity contribution is 0.189. The SMILES string of the molecule is O=S(=O)(c1cccc(Cl)c1)N1CC[C@@H](O)C1. The highest BCUT2D eigenvalue weighted by atomic mass is 35.5. The molecule has 1 saturated heterocycles. The molecule has 0 aliphatic carbocycles. The third-order valence-electron chi connectivity index (χ3n) is 2.56. The van der Waals surface area contributed by atoms with Crippen LogP contribution in [0.4, 0.5) is 0 Å². The Morgan fingerprint density at radius 2 is 2.19 bits per heavy atom. The molecular weight excluding hydrogens is 250 g/mol. The molecule has 1 aliphatic heterocycles. The van der Waals surface area contributed by atoms with E-state index >= 15 is 0 Å². The molecule has 0 unspecified atom stereocenters. The van der Waals surface area contributed by atoms with E-state index in [2.05, 4.69) is 0 Å². The molecule has 2 rings (SSSR count). The molecule has 6 heteroatoms. The standard InChI is InChI=1S/C10H12ClNO3S/c11-8-2-1-3-10(6-8)16(14,15)12-5-4-9(13)7-12/h1-3,6,9,13H,4-5,7H2/t9-/m1/s1. The number of halogens is 1. The van der Waals surface area contributed by atoms with E-state index in [0.717, 1.165) is 0 Å². The summed E-state index contributed by atoms with van der Waals surface area (Å²) < 4.78 is 25.5. The average Bonchev–Trinajstić information content (AvgIpc) is 2.65. The number of hydrogen-bond acceptors (Lipinski definition) is 3. The maximum Gasteiger partial charge on any atom is 0.243 e. The Balaban J connectivity index is 2.32. The Morgan fingerprint density at radius 1 is 1.44 bits per heavy atom. The molecule has 4 nitrogen and oxygen atoms in total. The molecule has 0 saturated carbocycles. The van der Waals surface area contributed by atoms with Crippen LogP contribution in [0.3, 0.4) is 0 Å². The first-order chi connectivity index (χ1) is 7.50. The zero-order chi connectivity index (χ0) is 11.8. The maximum atomic E-state index is 12.1. The van der Waals surface area contributed by atoms with E-state index in [1.807, 2.05) is 0 Å². The van der Waals surface area contributed by atoms with Gasteiger partial charge in [-0.3, -0.25) is 0 Å². The summed E-state index contributed by atoms with van der Waals surface area (Å²) in [6.07, 6.45) is -0.0752. The molecule has 1 atom stereocenters. The second-order valence-electron chi connectivity index (χ2n) is 3.76. The number of sulfonamides is 1. The van der Waals surface area contributed by atoms with Gasteiger partial charge in [0, 0.05) is 18.1 Å². The lowest BCUT2D eigenvalue weighted by Gasteiger charge is -2.15. The van der Waals surface area contributed by atoms with Gasteiger partial charge in [0.05, 0.1) is 11.0 Å². The number of rotatable bonds is 2. The molecular formula is C10H12ClNO3S. The number of benzene rings is 1. The van der Waals surface area contributed by atoms with Crippen LogP contribution in [0.15, 0.2) is 29.2 Å². The lowest BCUT2D eigenvalue weighted by Crippen LogP contribution is -2.29. The van der Waals surface area contributed by atoms with Crippen LogP contribution < -0.4 is 0 Å². The van der Waals surface area contributed by atoms with E-state index in [9.17, 15) is 13.5 Å². The Bertz CT molecular complexity index is 489. The van der Waals surface area contributed by atoms with Crippen molar-refractivity contribution in [2.24, 2.45) is 0 Å². The molecule has 0 radical (unpaired) electrons. The number of β-amino-alcohol motifs (C(OH)–C–C–N with tert-alkyl or cyclic N) is 1. The fourth-order valence-electron chi connectivity index (χ4n) is 1.71. The van der Waals surface area contributed by atoms with Gasteiger partial charge in [-0.2, -0.15) is 4.31 Å². The highest BCUT2D eigenvalue weighted by Gasteiger charge is 2.31. The third kappa shape index (κ3) is 2.22. The van der Waals surface area contributed by atoms with Gasteiger partial charge < -0.3 is 5.11 Å². The van der Waals surface area contributed by atoms with Crippen LogP contribution in [0.2, 0.25) is 5.02 Å². The minimum atomic E-state index is -3.51. The van der Waals surface area contributed by atoms with E-state index in [0.29, 0.717) is 18.0 Å². The van der Waals surface area contributed by atoms with Crippen molar-refractivity contribution >= 4 is 21.6 Å². The molecule has 0 aromatic heterocycles. The van der Waals surface area contributed by atoms with Crippen molar-refractivity contribution in [1.29, 1.82) is 0 Å². The summed E-state index contributed by atoms with van der Waals surface area (Å²) in [5, 5.41) is 9.72. The van der Waals surface area contributed by atoms with E-state index in [1.54, 1.807) is 12.1 Å². The smallest absolute Gasteiger partial charge is 0.243 e. The normalized spacial score (nSPS) is 22.5. The molecule has 0 amide bonds. The minimum Gasteiger partial charge on any atom is -0.392 e. The van der Waals surface area contributed by atoms with Crippen LogP contribution in [0.1, 0.15) is 6.42 Å². The fraction of sp³-hybridized carbons (Fsp3) is 0.400. The lowest BCUT2D eigenvalue weighted by atomic mass is 10.3. The molecule has 1 aromatic rings. The van der Waals surface area contributed by atoms with Crippen molar-refractivity contribution in [3.05, 3.63) is 29.3 Å². The van der Waals surface area contributed by atoms with Gasteiger partial charge in [-0.1, -0.05) is 17.7 Å². The highest BCUT2D eigenvalue weighted by molar-refractivity contribution is 7.89. The first-order valence-electron chi connectivity index (χ1n) is 4.94. The Kier molecular flexibility index (Phi) is 3.21. The van der Waals surface area contributed by atoms with Crippen LogP contribution >= 0.6 is 11.6 Å². The first kappa shape index (κ1) is 11.9. The largest absolute Gasteiger partial charge is 0.392 e. The highest BCUT2D eigenvalue weighted by Crippen LogP contribution is 2.23. The first-order valence-corrected chi connectivity index (χ1v) is 6.76. The summed E-state index contributed by atoms with van der Waals surface area (Å²) in [5.41, 5.74) is 0. The number of aliphatic hydroxyl groups is 1. The molecule has 1 N–H and O–H groups in total. The Hall–Kier alpha value is -0.620. The van der Waals surface area contributed by atoms with E-state index in [1.165, 1.54) is 16.4 Å². The second-order valence-corrected chi connectivity index (χ2v) is 6.14. The van der Waals surface area contributed by atoms with Gasteiger partial charge in [-0.05, 0) is 24.6 Å². The van der Waals surface area contributed by atoms with Crippen molar-refractivity contribution < 1.29 is 13.5 Å². The van der Waals surface area contributed by atoms with Crippen LogP contribution in [-0.4, -0.2) is 37.0 Å². The predicted molar refractivity (Wildman–Crippen MR) is 60.8 cm³/mol. The topological polar surface area (TPSA) is 57.6 Å². The third-order valence-corrected chi connectivity index (χ3v) is 4.66. The average molecular weight is 262 g/mol.